The largest absolute Gasteiger partial charge is 0.317 e. The van der Waals surface area contributed by atoms with Gasteiger partial charge in [0.15, 0.2) is 5.82 Å². The second-order valence-corrected chi connectivity index (χ2v) is 4.20. The molecule has 0 unspecified atom stereocenters. The zero-order valence-corrected chi connectivity index (χ0v) is 10.6. The molecule has 0 fully saturated rings. The number of halogens is 2. The Morgan fingerprint density at radius 3 is 2.70 bits per heavy atom. The summed E-state index contributed by atoms with van der Waals surface area (Å²) in [6.45, 7) is 1.47. The van der Waals surface area contributed by atoms with E-state index in [0.29, 0.717) is 5.56 Å². The number of hydrogen-bond donors (Lipinski definition) is 1. The molecule has 0 aliphatic heterocycles. The molecular weight excluding hydrogens is 262 g/mol. The van der Waals surface area contributed by atoms with Crippen molar-refractivity contribution in [3.05, 3.63) is 64.7 Å². The molecular formula is C15H10F2N2O. The minimum absolute atomic E-state index is 0.157. The maximum atomic E-state index is 13.8. The van der Waals surface area contributed by atoms with E-state index in [1.54, 1.807) is 0 Å². The molecule has 2 rings (SSSR count). The minimum atomic E-state index is -0.849. The summed E-state index contributed by atoms with van der Waals surface area (Å²) in [7, 11) is 0. The van der Waals surface area contributed by atoms with Gasteiger partial charge in [0, 0.05) is 5.56 Å². The maximum Gasteiger partial charge on any atom is 0.255 e. The molecule has 20 heavy (non-hydrogen) atoms. The predicted molar refractivity (Wildman–Crippen MR) is 70.2 cm³/mol. The minimum Gasteiger partial charge on any atom is -0.317 e. The monoisotopic (exact) mass is 272 g/mol. The highest BCUT2D eigenvalue weighted by Gasteiger charge is 2.15. The van der Waals surface area contributed by atoms with Crippen LogP contribution in [0.4, 0.5) is 14.5 Å². The molecule has 5 heteroatoms. The van der Waals surface area contributed by atoms with Gasteiger partial charge in [-0.1, -0.05) is 12.1 Å². The lowest BCUT2D eigenvalue weighted by Gasteiger charge is -2.09. The lowest BCUT2D eigenvalue weighted by molar-refractivity contribution is 0.102. The Hall–Kier alpha value is -2.74. The summed E-state index contributed by atoms with van der Waals surface area (Å²) >= 11 is 0. The SMILES string of the molecule is Cc1ccc(F)c(NC(=O)c2cccc(C#N)c2)c1F. The highest BCUT2D eigenvalue weighted by molar-refractivity contribution is 6.04. The van der Waals surface area contributed by atoms with Crippen LogP contribution >= 0.6 is 0 Å². The number of rotatable bonds is 2. The average molecular weight is 272 g/mol. The quantitative estimate of drug-likeness (QED) is 0.911. The first-order valence-electron chi connectivity index (χ1n) is 5.79. The zero-order valence-electron chi connectivity index (χ0n) is 10.6. The zero-order chi connectivity index (χ0) is 14.7. The van der Waals surface area contributed by atoms with Gasteiger partial charge >= 0.3 is 0 Å². The number of nitrogens with zero attached hydrogens (tertiary/aromatic N) is 1. The first kappa shape index (κ1) is 13.7. The average Bonchev–Trinajstić information content (AvgIpc) is 2.47. The molecule has 0 saturated carbocycles. The highest BCUT2D eigenvalue weighted by atomic mass is 19.1. The fraction of sp³-hybridized carbons (Fsp3) is 0.0667. The van der Waals surface area contributed by atoms with E-state index in [1.807, 2.05) is 6.07 Å². The van der Waals surface area contributed by atoms with Gasteiger partial charge in [0.1, 0.15) is 11.5 Å². The standard InChI is InChI=1S/C15H10F2N2O/c1-9-5-6-12(16)14(13(9)17)19-15(20)11-4-2-3-10(7-11)8-18/h2-7H,1H3,(H,19,20). The van der Waals surface area contributed by atoms with Gasteiger partial charge in [-0.05, 0) is 36.8 Å². The van der Waals surface area contributed by atoms with Crippen LogP contribution in [-0.4, -0.2) is 5.91 Å². The normalized spacial score (nSPS) is 9.90. The van der Waals surface area contributed by atoms with Gasteiger partial charge in [-0.15, -0.1) is 0 Å². The van der Waals surface area contributed by atoms with Crippen LogP contribution in [0.2, 0.25) is 0 Å². The molecule has 0 aromatic heterocycles. The Morgan fingerprint density at radius 2 is 2.00 bits per heavy atom. The number of carbonyl (C=O) groups excluding carboxylic acids is 1. The van der Waals surface area contributed by atoms with Gasteiger partial charge < -0.3 is 5.32 Å². The third-order valence-corrected chi connectivity index (χ3v) is 2.78. The Labute approximate surface area is 114 Å². The molecule has 0 aliphatic carbocycles. The van der Waals surface area contributed by atoms with E-state index in [0.717, 1.165) is 6.07 Å². The van der Waals surface area contributed by atoms with E-state index in [4.69, 9.17) is 5.26 Å². The Bertz CT molecular complexity index is 720. The van der Waals surface area contributed by atoms with Gasteiger partial charge in [0.05, 0.1) is 11.6 Å². The van der Waals surface area contributed by atoms with Crippen LogP contribution in [0.5, 0.6) is 0 Å². The smallest absolute Gasteiger partial charge is 0.255 e. The summed E-state index contributed by atoms with van der Waals surface area (Å²) in [5.41, 5.74) is 0.192. The summed E-state index contributed by atoms with van der Waals surface area (Å²) in [5.74, 6) is -2.34. The lowest BCUT2D eigenvalue weighted by atomic mass is 10.1. The van der Waals surface area contributed by atoms with E-state index in [9.17, 15) is 13.6 Å². The number of carbonyl (C=O) groups is 1. The maximum absolute atomic E-state index is 13.8. The Morgan fingerprint density at radius 1 is 1.25 bits per heavy atom. The van der Waals surface area contributed by atoms with E-state index in [-0.39, 0.29) is 11.1 Å². The molecule has 2 aromatic rings. The van der Waals surface area contributed by atoms with Crippen molar-refractivity contribution in [2.75, 3.05) is 5.32 Å². The van der Waals surface area contributed by atoms with Crippen molar-refractivity contribution in [2.45, 2.75) is 6.92 Å². The molecule has 0 bridgehead atoms. The van der Waals surface area contributed by atoms with Crippen molar-refractivity contribution in [2.24, 2.45) is 0 Å². The first-order valence-corrected chi connectivity index (χ1v) is 5.79. The number of aryl methyl sites for hydroxylation is 1. The third kappa shape index (κ3) is 2.64. The van der Waals surface area contributed by atoms with E-state index in [2.05, 4.69) is 5.32 Å². The van der Waals surface area contributed by atoms with Crippen molar-refractivity contribution in [3.63, 3.8) is 0 Å². The van der Waals surface area contributed by atoms with Crippen molar-refractivity contribution in [1.82, 2.24) is 0 Å². The number of amides is 1. The number of hydrogen-bond acceptors (Lipinski definition) is 2. The van der Waals surface area contributed by atoms with Crippen LogP contribution in [0.25, 0.3) is 0 Å². The van der Waals surface area contributed by atoms with Crippen LogP contribution in [-0.2, 0) is 0 Å². The van der Waals surface area contributed by atoms with Gasteiger partial charge in [-0.25, -0.2) is 8.78 Å². The van der Waals surface area contributed by atoms with E-state index < -0.39 is 23.2 Å². The lowest BCUT2D eigenvalue weighted by Crippen LogP contribution is -2.15. The number of anilines is 1. The molecule has 0 heterocycles. The van der Waals surface area contributed by atoms with Gasteiger partial charge in [-0.2, -0.15) is 5.26 Å². The summed E-state index contributed by atoms with van der Waals surface area (Å²) in [4.78, 5) is 11.9. The molecule has 100 valence electrons. The molecule has 1 N–H and O–H groups in total. The third-order valence-electron chi connectivity index (χ3n) is 2.78. The number of nitriles is 1. The fourth-order valence-electron chi connectivity index (χ4n) is 1.69. The van der Waals surface area contributed by atoms with E-state index >= 15 is 0 Å². The summed E-state index contributed by atoms with van der Waals surface area (Å²) in [5, 5.41) is 10.9. The molecule has 2 aromatic carbocycles. The molecule has 0 spiro atoms. The Kier molecular flexibility index (Phi) is 3.76. The molecule has 3 nitrogen and oxygen atoms in total. The number of benzene rings is 2. The predicted octanol–water partition coefficient (Wildman–Crippen LogP) is 3.40. The van der Waals surface area contributed by atoms with Crippen LogP contribution in [0, 0.1) is 29.9 Å². The van der Waals surface area contributed by atoms with Crippen LogP contribution < -0.4 is 5.32 Å². The van der Waals surface area contributed by atoms with Crippen LogP contribution in [0.1, 0.15) is 21.5 Å². The summed E-state index contributed by atoms with van der Waals surface area (Å²) < 4.78 is 27.3. The molecule has 0 radical (unpaired) electrons. The fourth-order valence-corrected chi connectivity index (χ4v) is 1.69. The summed E-state index contributed by atoms with van der Waals surface area (Å²) in [6, 6.07) is 10.1. The Balaban J connectivity index is 2.33. The van der Waals surface area contributed by atoms with E-state index in [1.165, 1.54) is 37.3 Å². The second-order valence-electron chi connectivity index (χ2n) is 4.20. The summed E-state index contributed by atoms with van der Waals surface area (Å²) in [6.07, 6.45) is 0. The first-order chi connectivity index (χ1) is 9.52. The van der Waals surface area contributed by atoms with Crippen molar-refractivity contribution < 1.29 is 13.6 Å². The van der Waals surface area contributed by atoms with Gasteiger partial charge in [-0.3, -0.25) is 4.79 Å². The van der Waals surface area contributed by atoms with Crippen molar-refractivity contribution in [3.8, 4) is 6.07 Å². The number of nitrogens with one attached hydrogen (secondary N) is 1. The molecule has 0 aliphatic rings. The van der Waals surface area contributed by atoms with Crippen LogP contribution in [0.15, 0.2) is 36.4 Å². The van der Waals surface area contributed by atoms with Crippen molar-refractivity contribution in [1.29, 1.82) is 5.26 Å². The molecule has 0 atom stereocenters. The van der Waals surface area contributed by atoms with Gasteiger partial charge in [0.25, 0.3) is 5.91 Å². The topological polar surface area (TPSA) is 52.9 Å². The highest BCUT2D eigenvalue weighted by Crippen LogP contribution is 2.22. The second kappa shape index (κ2) is 5.49. The van der Waals surface area contributed by atoms with Crippen molar-refractivity contribution >= 4 is 11.6 Å². The van der Waals surface area contributed by atoms with Gasteiger partial charge in [0.2, 0.25) is 0 Å². The van der Waals surface area contributed by atoms with Crippen LogP contribution in [0.3, 0.4) is 0 Å². The molecule has 0 saturated heterocycles. The molecule has 1 amide bonds.